The number of hydrogen-bond acceptors (Lipinski definition) is 9. The third-order valence-electron chi connectivity index (χ3n) is 7.18. The zero-order chi connectivity index (χ0) is 28.7. The van der Waals surface area contributed by atoms with Crippen LogP contribution in [0, 0.1) is 12.8 Å². The van der Waals surface area contributed by atoms with Gasteiger partial charge in [0.15, 0.2) is 0 Å². The van der Waals surface area contributed by atoms with Gasteiger partial charge in [0.25, 0.3) is 0 Å². The van der Waals surface area contributed by atoms with Crippen molar-refractivity contribution in [1.82, 2.24) is 9.97 Å². The van der Waals surface area contributed by atoms with Gasteiger partial charge in [-0.05, 0) is 73.4 Å². The highest BCUT2D eigenvalue weighted by molar-refractivity contribution is 7.84. The zero-order valence-electron chi connectivity index (χ0n) is 21.4. The Morgan fingerprint density at radius 3 is 2.80 bits per heavy atom. The van der Waals surface area contributed by atoms with Crippen LogP contribution in [-0.2, 0) is 31.8 Å². The van der Waals surface area contributed by atoms with Crippen molar-refractivity contribution in [2.75, 3.05) is 18.5 Å². The van der Waals surface area contributed by atoms with Gasteiger partial charge >= 0.3 is 16.5 Å². The van der Waals surface area contributed by atoms with E-state index in [2.05, 4.69) is 15.3 Å². The van der Waals surface area contributed by atoms with Crippen LogP contribution >= 0.6 is 11.3 Å². The van der Waals surface area contributed by atoms with Crippen LogP contribution in [0.5, 0.6) is 0 Å². The van der Waals surface area contributed by atoms with Gasteiger partial charge < -0.3 is 10.1 Å². The summed E-state index contributed by atoms with van der Waals surface area (Å²) in [6.45, 7) is 2.15. The minimum absolute atomic E-state index is 0.0132. The molecular formula is C26H27F3N4O5S2. The molecule has 3 atom stereocenters. The lowest BCUT2D eigenvalue weighted by atomic mass is 9.91. The number of carbonyl (C=O) groups excluding carboxylic acids is 1. The Morgan fingerprint density at radius 1 is 1.25 bits per heavy atom. The third-order valence-corrected chi connectivity index (χ3v) is 8.71. The maximum Gasteiger partial charge on any atom is 0.416 e. The number of thiophene rings is 1. The number of carbonyl (C=O) groups is 1. The van der Waals surface area contributed by atoms with Gasteiger partial charge in [0.05, 0.1) is 29.2 Å². The summed E-state index contributed by atoms with van der Waals surface area (Å²) >= 11 is 1.24. The molecular weight excluding hydrogens is 569 g/mol. The minimum atomic E-state index is -4.48. The van der Waals surface area contributed by atoms with Gasteiger partial charge in [0.1, 0.15) is 18.2 Å². The molecule has 3 N–H and O–H groups in total. The van der Waals surface area contributed by atoms with Crippen LogP contribution in [-0.4, -0.2) is 43.4 Å². The molecule has 1 saturated carbocycles. The molecule has 40 heavy (non-hydrogen) atoms. The van der Waals surface area contributed by atoms with Crippen molar-refractivity contribution in [2.45, 2.75) is 50.9 Å². The second-order valence-electron chi connectivity index (χ2n) is 9.95. The molecule has 0 radical (unpaired) electrons. The summed E-state index contributed by atoms with van der Waals surface area (Å²) in [4.78, 5) is 23.0. The van der Waals surface area contributed by atoms with Crippen LogP contribution in [0.2, 0.25) is 0 Å². The Morgan fingerprint density at radius 2 is 2.05 bits per heavy atom. The van der Waals surface area contributed by atoms with E-state index in [0.717, 1.165) is 29.0 Å². The molecule has 3 heterocycles. The normalized spacial score (nSPS) is 21.3. The number of anilines is 1. The number of nitrogens with one attached hydrogen (secondary N) is 1. The Balaban J connectivity index is 1.36. The minimum Gasteiger partial charge on any atom is -0.368 e. The molecule has 5 rings (SSSR count). The van der Waals surface area contributed by atoms with Crippen molar-refractivity contribution in [3.8, 4) is 0 Å². The Kier molecular flexibility index (Phi) is 7.99. The standard InChI is InChI=1S/C26H27F3N4O5S2/c1-14-19(24-20-9-17(26(27,28)29)4-3-16(20)6-7-37-24)10-22(39-14)23(34)21-11-31-13-32-25(21)33-18-5-2-15(8-18)12-38-40(30,35)36/h3-4,9-11,13,15,18,24H,2,5-8,12H2,1H3,(H2,30,35,36)(H,31,32,33)/t15-,18+,24?/m1/s1. The largest absolute Gasteiger partial charge is 0.416 e. The lowest BCUT2D eigenvalue weighted by molar-refractivity contribution is -0.137. The first-order valence-corrected chi connectivity index (χ1v) is 14.9. The van der Waals surface area contributed by atoms with Crippen molar-refractivity contribution in [3.63, 3.8) is 0 Å². The fraction of sp³-hybridized carbons (Fsp3) is 0.423. The van der Waals surface area contributed by atoms with Crippen molar-refractivity contribution in [3.05, 3.63) is 74.4 Å². The predicted molar refractivity (Wildman–Crippen MR) is 141 cm³/mol. The number of rotatable bonds is 8. The molecule has 0 spiro atoms. The van der Waals surface area contributed by atoms with Gasteiger partial charge in [-0.3, -0.25) is 8.98 Å². The number of ketones is 1. The molecule has 2 aromatic heterocycles. The van der Waals surface area contributed by atoms with Gasteiger partial charge in [0.2, 0.25) is 5.78 Å². The first-order chi connectivity index (χ1) is 18.9. The summed E-state index contributed by atoms with van der Waals surface area (Å²) in [6.07, 6.45) is 0.0943. The number of benzene rings is 1. The molecule has 214 valence electrons. The molecule has 0 amide bonds. The fourth-order valence-electron chi connectivity index (χ4n) is 5.23. The van der Waals surface area contributed by atoms with Crippen LogP contribution in [0.4, 0.5) is 19.0 Å². The number of aromatic nitrogens is 2. The lowest BCUT2D eigenvalue weighted by Gasteiger charge is -2.27. The third kappa shape index (κ3) is 6.36. The lowest BCUT2D eigenvalue weighted by Crippen LogP contribution is -2.22. The number of ether oxygens (including phenoxy) is 1. The second kappa shape index (κ2) is 11.2. The van der Waals surface area contributed by atoms with Gasteiger partial charge in [-0.2, -0.15) is 21.6 Å². The van der Waals surface area contributed by atoms with Crippen LogP contribution in [0.3, 0.4) is 0 Å². The summed E-state index contributed by atoms with van der Waals surface area (Å²) in [6, 6.07) is 5.32. The number of aryl methyl sites for hydroxylation is 1. The van der Waals surface area contributed by atoms with Gasteiger partial charge in [-0.25, -0.2) is 15.1 Å². The smallest absolute Gasteiger partial charge is 0.368 e. The van der Waals surface area contributed by atoms with Crippen LogP contribution in [0.1, 0.15) is 67.7 Å². The van der Waals surface area contributed by atoms with Crippen molar-refractivity contribution in [2.24, 2.45) is 11.1 Å². The molecule has 1 unspecified atom stereocenters. The molecule has 14 heteroatoms. The first kappa shape index (κ1) is 28.6. The summed E-state index contributed by atoms with van der Waals surface area (Å²) in [5, 5.41) is 8.19. The predicted octanol–water partition coefficient (Wildman–Crippen LogP) is 4.56. The van der Waals surface area contributed by atoms with E-state index in [1.165, 1.54) is 29.9 Å². The molecule has 3 aromatic rings. The highest BCUT2D eigenvalue weighted by Gasteiger charge is 2.34. The van der Waals surface area contributed by atoms with E-state index in [1.54, 1.807) is 6.07 Å². The first-order valence-electron chi connectivity index (χ1n) is 12.6. The molecule has 1 aromatic carbocycles. The van der Waals surface area contributed by atoms with Crippen molar-refractivity contribution < 1.29 is 35.3 Å². The van der Waals surface area contributed by atoms with E-state index in [4.69, 9.17) is 14.1 Å². The van der Waals surface area contributed by atoms with Gasteiger partial charge in [-0.15, -0.1) is 11.3 Å². The summed E-state index contributed by atoms with van der Waals surface area (Å²) in [5.41, 5.74) is 1.40. The number of fused-ring (bicyclic) bond motifs is 1. The number of halogens is 3. The summed E-state index contributed by atoms with van der Waals surface area (Å²) < 4.78 is 73.1. The number of nitrogens with zero attached hydrogens (tertiary/aromatic N) is 2. The van der Waals surface area contributed by atoms with Crippen LogP contribution in [0.15, 0.2) is 36.8 Å². The van der Waals surface area contributed by atoms with Crippen molar-refractivity contribution >= 4 is 33.2 Å². The van der Waals surface area contributed by atoms with Crippen molar-refractivity contribution in [1.29, 1.82) is 0 Å². The molecule has 0 bridgehead atoms. The molecule has 9 nitrogen and oxygen atoms in total. The Bertz CT molecular complexity index is 1530. The van der Waals surface area contributed by atoms with E-state index in [0.29, 0.717) is 47.7 Å². The number of nitrogens with two attached hydrogens (primary N) is 1. The number of hydrogen-bond donors (Lipinski definition) is 2. The van der Waals surface area contributed by atoms with Gasteiger partial charge in [-0.1, -0.05) is 6.07 Å². The van der Waals surface area contributed by atoms with E-state index in [9.17, 15) is 26.4 Å². The Labute approximate surface area is 233 Å². The van der Waals surface area contributed by atoms with Crippen LogP contribution in [0.25, 0.3) is 0 Å². The van der Waals surface area contributed by atoms with E-state index < -0.39 is 28.1 Å². The SMILES string of the molecule is Cc1sc(C(=O)c2cncnc2N[C@H]2CC[C@@H](COS(N)(=O)=O)C2)cc1C1OCCc2ccc(C(F)(F)F)cc21. The van der Waals surface area contributed by atoms with E-state index in [-0.39, 0.29) is 29.9 Å². The average Bonchev–Trinajstić information content (AvgIpc) is 3.52. The molecule has 1 aliphatic heterocycles. The molecule has 2 aliphatic rings. The Hall–Kier alpha value is -2.91. The quantitative estimate of drug-likeness (QED) is 0.362. The topological polar surface area (TPSA) is 133 Å². The monoisotopic (exact) mass is 596 g/mol. The van der Waals surface area contributed by atoms with Gasteiger partial charge in [0, 0.05) is 17.1 Å². The molecule has 0 saturated heterocycles. The maximum absolute atomic E-state index is 13.6. The second-order valence-corrected chi connectivity index (χ2v) is 12.4. The fourth-order valence-corrected chi connectivity index (χ4v) is 6.61. The van der Waals surface area contributed by atoms with E-state index >= 15 is 0 Å². The highest BCUT2D eigenvalue weighted by Crippen LogP contribution is 2.41. The summed E-state index contributed by atoms with van der Waals surface area (Å²) in [7, 11) is -4.02. The average molecular weight is 597 g/mol. The molecule has 1 aliphatic carbocycles. The highest BCUT2D eigenvalue weighted by atomic mass is 32.2. The number of alkyl halides is 3. The van der Waals surface area contributed by atoms with E-state index in [1.807, 2.05) is 6.92 Å². The molecule has 1 fully saturated rings. The maximum atomic E-state index is 13.6. The summed E-state index contributed by atoms with van der Waals surface area (Å²) in [5.74, 6) is 0.00452. The zero-order valence-corrected chi connectivity index (χ0v) is 23.0. The van der Waals surface area contributed by atoms with Crippen LogP contribution < -0.4 is 10.5 Å².